The van der Waals surface area contributed by atoms with Crippen molar-refractivity contribution in [3.63, 3.8) is 0 Å². The van der Waals surface area contributed by atoms with Crippen LogP contribution in [0.4, 0.5) is 4.39 Å². The molecule has 0 fully saturated rings. The highest BCUT2D eigenvalue weighted by Crippen LogP contribution is 2.27. The van der Waals surface area contributed by atoms with Gasteiger partial charge in [0.1, 0.15) is 12.7 Å². The van der Waals surface area contributed by atoms with Gasteiger partial charge in [0.15, 0.2) is 6.17 Å². The van der Waals surface area contributed by atoms with E-state index in [1.807, 2.05) is 0 Å². The second-order valence-electron chi connectivity index (χ2n) is 3.64. The van der Waals surface area contributed by atoms with Gasteiger partial charge in [0.05, 0.1) is 12.2 Å². The largest absolute Gasteiger partial charge is 0.457 e. The molecule has 0 aliphatic carbocycles. The Morgan fingerprint density at radius 2 is 2.25 bits per heavy atom. The number of aliphatic hydroxyl groups is 2. The van der Waals surface area contributed by atoms with Crippen molar-refractivity contribution in [1.29, 1.82) is 0 Å². The third kappa shape index (κ3) is 1.79. The Kier molecular flexibility index (Phi) is 2.89. The van der Waals surface area contributed by atoms with Crippen LogP contribution >= 0.6 is 0 Å². The molecule has 2 rings (SSSR count). The summed E-state index contributed by atoms with van der Waals surface area (Å²) in [4.78, 5) is 11.1. The number of aliphatic hydroxyl groups excluding tert-OH is 2. The number of halogens is 1. The van der Waals surface area contributed by atoms with Gasteiger partial charge in [-0.05, 0) is 17.7 Å². The molecular formula is C11H11FO4. The molecule has 0 spiro atoms. The SMILES string of the molecule is O=C1OCc2cc(C(F)C(O)CO)ccc21. The second-order valence-corrected chi connectivity index (χ2v) is 3.64. The van der Waals surface area contributed by atoms with E-state index in [0.29, 0.717) is 11.1 Å². The predicted octanol–water partition coefficient (Wildman–Crippen LogP) is 0.721. The highest BCUT2D eigenvalue weighted by Gasteiger charge is 2.25. The Hall–Kier alpha value is -1.46. The van der Waals surface area contributed by atoms with E-state index in [0.717, 1.165) is 0 Å². The van der Waals surface area contributed by atoms with Crippen molar-refractivity contribution in [3.8, 4) is 0 Å². The number of alkyl halides is 1. The van der Waals surface area contributed by atoms with Gasteiger partial charge in [-0.25, -0.2) is 9.18 Å². The van der Waals surface area contributed by atoms with Crippen molar-refractivity contribution in [3.05, 3.63) is 34.9 Å². The van der Waals surface area contributed by atoms with Gasteiger partial charge >= 0.3 is 5.97 Å². The van der Waals surface area contributed by atoms with Crippen LogP contribution in [-0.2, 0) is 11.3 Å². The lowest BCUT2D eigenvalue weighted by Gasteiger charge is -2.13. The Labute approximate surface area is 91.3 Å². The van der Waals surface area contributed by atoms with E-state index < -0.39 is 24.9 Å². The zero-order chi connectivity index (χ0) is 11.7. The number of carbonyl (C=O) groups is 1. The van der Waals surface area contributed by atoms with Crippen molar-refractivity contribution in [2.75, 3.05) is 6.61 Å². The molecular weight excluding hydrogens is 215 g/mol. The number of benzene rings is 1. The molecule has 0 saturated carbocycles. The van der Waals surface area contributed by atoms with Gasteiger partial charge < -0.3 is 14.9 Å². The van der Waals surface area contributed by atoms with Gasteiger partial charge in [0, 0.05) is 5.56 Å². The number of carbonyl (C=O) groups excluding carboxylic acids is 1. The number of cyclic esters (lactones) is 1. The van der Waals surface area contributed by atoms with Crippen molar-refractivity contribution in [1.82, 2.24) is 0 Å². The zero-order valence-electron chi connectivity index (χ0n) is 8.39. The molecule has 16 heavy (non-hydrogen) atoms. The maximum atomic E-state index is 13.6. The molecule has 2 atom stereocenters. The van der Waals surface area contributed by atoms with Crippen molar-refractivity contribution in [2.24, 2.45) is 0 Å². The first kappa shape index (κ1) is 11.0. The van der Waals surface area contributed by atoms with Crippen LogP contribution in [0.3, 0.4) is 0 Å². The first-order chi connectivity index (χ1) is 7.63. The minimum absolute atomic E-state index is 0.129. The Morgan fingerprint density at radius 1 is 1.50 bits per heavy atom. The van der Waals surface area contributed by atoms with Crippen molar-refractivity contribution < 1.29 is 24.1 Å². The molecule has 0 bridgehead atoms. The lowest BCUT2D eigenvalue weighted by atomic mass is 10.0. The van der Waals surface area contributed by atoms with Gasteiger partial charge in [0.2, 0.25) is 0 Å². The van der Waals surface area contributed by atoms with Crippen molar-refractivity contribution in [2.45, 2.75) is 18.9 Å². The lowest BCUT2D eigenvalue weighted by molar-refractivity contribution is 0.0278. The summed E-state index contributed by atoms with van der Waals surface area (Å²) in [6.45, 7) is -0.516. The Bertz CT molecular complexity index is 418. The van der Waals surface area contributed by atoms with Crippen LogP contribution in [0, 0.1) is 0 Å². The standard InChI is InChI=1S/C11H11FO4/c12-10(9(14)4-13)6-1-2-8-7(3-6)5-16-11(8)15/h1-3,9-10,13-14H,4-5H2. The van der Waals surface area contributed by atoms with E-state index in [1.165, 1.54) is 18.2 Å². The molecule has 0 saturated heterocycles. The molecule has 4 nitrogen and oxygen atoms in total. The van der Waals surface area contributed by atoms with Crippen LogP contribution in [0.25, 0.3) is 0 Å². The number of ether oxygens (including phenoxy) is 1. The zero-order valence-corrected chi connectivity index (χ0v) is 8.39. The van der Waals surface area contributed by atoms with Gasteiger partial charge in [-0.1, -0.05) is 6.07 Å². The van der Waals surface area contributed by atoms with Gasteiger partial charge in [0.25, 0.3) is 0 Å². The molecule has 2 unspecified atom stereocenters. The van der Waals surface area contributed by atoms with Crippen LogP contribution in [0.2, 0.25) is 0 Å². The molecule has 1 aliphatic heterocycles. The fraction of sp³-hybridized carbons (Fsp3) is 0.364. The summed E-state index contributed by atoms with van der Waals surface area (Å²) in [5, 5.41) is 17.8. The lowest BCUT2D eigenvalue weighted by Crippen LogP contribution is -2.19. The highest BCUT2D eigenvalue weighted by atomic mass is 19.1. The maximum absolute atomic E-state index is 13.6. The molecule has 0 amide bonds. The average molecular weight is 226 g/mol. The van der Waals surface area contributed by atoms with E-state index in [9.17, 15) is 9.18 Å². The van der Waals surface area contributed by atoms with Gasteiger partial charge in [-0.15, -0.1) is 0 Å². The first-order valence-electron chi connectivity index (χ1n) is 4.86. The molecule has 0 aromatic heterocycles. The van der Waals surface area contributed by atoms with Crippen molar-refractivity contribution >= 4 is 5.97 Å². The Morgan fingerprint density at radius 3 is 2.94 bits per heavy atom. The maximum Gasteiger partial charge on any atom is 0.338 e. The summed E-state index contributed by atoms with van der Waals surface area (Å²) in [5.74, 6) is -0.417. The van der Waals surface area contributed by atoms with Gasteiger partial charge in [-0.2, -0.15) is 0 Å². The normalized spacial score (nSPS) is 17.8. The molecule has 2 N–H and O–H groups in total. The molecule has 1 aromatic carbocycles. The number of esters is 1. The number of hydrogen-bond donors (Lipinski definition) is 2. The highest BCUT2D eigenvalue weighted by molar-refractivity contribution is 5.93. The summed E-state index contributed by atoms with van der Waals surface area (Å²) in [6.07, 6.45) is -3.11. The predicted molar refractivity (Wildman–Crippen MR) is 52.5 cm³/mol. The summed E-state index contributed by atoms with van der Waals surface area (Å²) in [6, 6.07) is 4.36. The van der Waals surface area contributed by atoms with Crippen LogP contribution < -0.4 is 0 Å². The number of hydrogen-bond acceptors (Lipinski definition) is 4. The minimum Gasteiger partial charge on any atom is -0.457 e. The van der Waals surface area contributed by atoms with Crippen LogP contribution in [0.5, 0.6) is 0 Å². The number of rotatable bonds is 3. The quantitative estimate of drug-likeness (QED) is 0.745. The minimum atomic E-state index is -1.66. The van der Waals surface area contributed by atoms with Crippen LogP contribution in [0.1, 0.15) is 27.7 Å². The van der Waals surface area contributed by atoms with E-state index in [1.54, 1.807) is 0 Å². The summed E-state index contributed by atoms with van der Waals surface area (Å²) >= 11 is 0. The third-order valence-electron chi connectivity index (χ3n) is 2.55. The molecule has 1 heterocycles. The molecule has 0 radical (unpaired) electrons. The van der Waals surface area contributed by atoms with E-state index >= 15 is 0 Å². The average Bonchev–Trinajstić information content (AvgIpc) is 2.68. The van der Waals surface area contributed by atoms with Crippen LogP contribution in [-0.4, -0.2) is 28.9 Å². The summed E-state index contributed by atoms with van der Waals surface area (Å²) < 4.78 is 18.3. The monoisotopic (exact) mass is 226 g/mol. The summed E-state index contributed by atoms with van der Waals surface area (Å²) in [5.41, 5.74) is 1.27. The molecule has 1 aromatic rings. The first-order valence-corrected chi connectivity index (χ1v) is 4.86. The smallest absolute Gasteiger partial charge is 0.338 e. The third-order valence-corrected chi connectivity index (χ3v) is 2.55. The fourth-order valence-corrected chi connectivity index (χ4v) is 1.64. The molecule has 5 heteroatoms. The van der Waals surface area contributed by atoms with E-state index in [2.05, 4.69) is 0 Å². The Balaban J connectivity index is 2.28. The fourth-order valence-electron chi connectivity index (χ4n) is 1.64. The second kappa shape index (κ2) is 4.19. The summed E-state index contributed by atoms with van der Waals surface area (Å²) in [7, 11) is 0. The molecule has 86 valence electrons. The number of fused-ring (bicyclic) bond motifs is 1. The van der Waals surface area contributed by atoms with Gasteiger partial charge in [-0.3, -0.25) is 0 Å². The topological polar surface area (TPSA) is 66.8 Å². The van der Waals surface area contributed by atoms with Crippen LogP contribution in [0.15, 0.2) is 18.2 Å². The van der Waals surface area contributed by atoms with E-state index in [4.69, 9.17) is 14.9 Å². The van der Waals surface area contributed by atoms with E-state index in [-0.39, 0.29) is 12.2 Å². The molecule has 1 aliphatic rings.